The minimum atomic E-state index is -0.415. The van der Waals surface area contributed by atoms with E-state index >= 15 is 0 Å². The van der Waals surface area contributed by atoms with Crippen molar-refractivity contribution < 1.29 is 9.59 Å². The Morgan fingerprint density at radius 2 is 1.42 bits per heavy atom. The first-order valence-electron chi connectivity index (χ1n) is 9.75. The molecule has 0 radical (unpaired) electrons. The molecular weight excluding hydrogens is 431 g/mol. The molecule has 3 aromatic rings. The molecule has 156 valence electrons. The number of anilines is 2. The van der Waals surface area contributed by atoms with Crippen LogP contribution in [0.1, 0.15) is 22.3 Å². The zero-order valence-electron chi connectivity index (χ0n) is 17.3. The van der Waals surface area contributed by atoms with Gasteiger partial charge in [-0.1, -0.05) is 59.1 Å². The molecule has 2 amide bonds. The minimum Gasteiger partial charge on any atom is -0.350 e. The SMILES string of the molecule is Cc1ccc(N2C(=O)C(Nc3cc(Cl)ccc3C)=C(c3ccc(Cl)cc3)C2=O)c(C)c1. The predicted molar refractivity (Wildman–Crippen MR) is 127 cm³/mol. The Morgan fingerprint density at radius 3 is 2.10 bits per heavy atom. The molecule has 0 saturated carbocycles. The fraction of sp³-hybridized carbons (Fsp3) is 0.120. The third-order valence-electron chi connectivity index (χ3n) is 5.27. The molecule has 4 nitrogen and oxygen atoms in total. The van der Waals surface area contributed by atoms with Crippen LogP contribution in [-0.4, -0.2) is 11.8 Å². The summed E-state index contributed by atoms with van der Waals surface area (Å²) >= 11 is 12.2. The van der Waals surface area contributed by atoms with E-state index in [1.807, 2.05) is 39.0 Å². The second-order valence-electron chi connectivity index (χ2n) is 7.58. The lowest BCUT2D eigenvalue weighted by molar-refractivity contribution is -0.120. The Labute approximate surface area is 191 Å². The van der Waals surface area contributed by atoms with Crippen LogP contribution in [0.25, 0.3) is 5.57 Å². The van der Waals surface area contributed by atoms with Crippen molar-refractivity contribution >= 4 is 52.0 Å². The highest BCUT2D eigenvalue weighted by atomic mass is 35.5. The number of nitrogens with zero attached hydrogens (tertiary/aromatic N) is 1. The summed E-state index contributed by atoms with van der Waals surface area (Å²) in [6, 6.07) is 17.9. The topological polar surface area (TPSA) is 49.4 Å². The summed E-state index contributed by atoms with van der Waals surface area (Å²) in [5.41, 5.74) is 5.13. The molecule has 1 aliphatic rings. The van der Waals surface area contributed by atoms with E-state index in [0.717, 1.165) is 16.7 Å². The first kappa shape index (κ1) is 21.2. The van der Waals surface area contributed by atoms with Crippen LogP contribution in [-0.2, 0) is 9.59 Å². The van der Waals surface area contributed by atoms with Gasteiger partial charge in [0.2, 0.25) is 0 Å². The lowest BCUT2D eigenvalue weighted by atomic mass is 10.0. The van der Waals surface area contributed by atoms with Gasteiger partial charge in [0.1, 0.15) is 5.70 Å². The van der Waals surface area contributed by atoms with Crippen LogP contribution in [0.15, 0.2) is 66.4 Å². The molecule has 0 bridgehead atoms. The normalized spacial score (nSPS) is 13.9. The maximum absolute atomic E-state index is 13.5. The van der Waals surface area contributed by atoms with Crippen molar-refractivity contribution in [3.63, 3.8) is 0 Å². The Bertz CT molecular complexity index is 1250. The average molecular weight is 451 g/mol. The quantitative estimate of drug-likeness (QED) is 0.473. The Kier molecular flexibility index (Phi) is 5.61. The molecule has 3 aromatic carbocycles. The summed E-state index contributed by atoms with van der Waals surface area (Å²) < 4.78 is 0. The molecule has 0 fully saturated rings. The van der Waals surface area contributed by atoms with E-state index in [2.05, 4.69) is 5.32 Å². The number of carbonyl (C=O) groups is 2. The van der Waals surface area contributed by atoms with Crippen LogP contribution < -0.4 is 10.2 Å². The van der Waals surface area contributed by atoms with Gasteiger partial charge in [0.15, 0.2) is 0 Å². The van der Waals surface area contributed by atoms with E-state index in [1.54, 1.807) is 42.5 Å². The van der Waals surface area contributed by atoms with E-state index in [4.69, 9.17) is 23.2 Å². The fourth-order valence-corrected chi connectivity index (χ4v) is 3.97. The number of hydrogen-bond donors (Lipinski definition) is 1. The van der Waals surface area contributed by atoms with Crippen LogP contribution in [0.3, 0.4) is 0 Å². The highest BCUT2D eigenvalue weighted by molar-refractivity contribution is 6.46. The van der Waals surface area contributed by atoms with Gasteiger partial charge in [-0.25, -0.2) is 4.90 Å². The molecular formula is C25H20Cl2N2O2. The van der Waals surface area contributed by atoms with Crippen molar-refractivity contribution in [1.29, 1.82) is 0 Å². The molecule has 0 spiro atoms. The first-order valence-corrected chi connectivity index (χ1v) is 10.5. The number of nitrogens with one attached hydrogen (secondary N) is 1. The number of rotatable bonds is 4. The van der Waals surface area contributed by atoms with Crippen LogP contribution >= 0.6 is 23.2 Å². The van der Waals surface area contributed by atoms with Crippen LogP contribution in [0.2, 0.25) is 10.0 Å². The van der Waals surface area contributed by atoms with Crippen molar-refractivity contribution in [2.24, 2.45) is 0 Å². The number of hydrogen-bond acceptors (Lipinski definition) is 3. The third kappa shape index (κ3) is 3.97. The second-order valence-corrected chi connectivity index (χ2v) is 8.45. The van der Waals surface area contributed by atoms with Crippen molar-refractivity contribution in [2.45, 2.75) is 20.8 Å². The number of benzene rings is 3. The maximum Gasteiger partial charge on any atom is 0.282 e. The zero-order chi connectivity index (χ0) is 22.3. The van der Waals surface area contributed by atoms with Gasteiger partial charge in [0, 0.05) is 15.7 Å². The first-order chi connectivity index (χ1) is 14.8. The predicted octanol–water partition coefficient (Wildman–Crippen LogP) is 6.32. The summed E-state index contributed by atoms with van der Waals surface area (Å²) in [5.74, 6) is -0.803. The number of carbonyl (C=O) groups excluding carboxylic acids is 2. The van der Waals surface area contributed by atoms with E-state index in [9.17, 15) is 9.59 Å². The van der Waals surface area contributed by atoms with E-state index in [0.29, 0.717) is 32.6 Å². The Balaban J connectivity index is 1.87. The van der Waals surface area contributed by atoms with Crippen molar-refractivity contribution in [1.82, 2.24) is 0 Å². The smallest absolute Gasteiger partial charge is 0.282 e. The fourth-order valence-electron chi connectivity index (χ4n) is 3.67. The van der Waals surface area contributed by atoms with E-state index in [-0.39, 0.29) is 11.6 Å². The minimum absolute atomic E-state index is 0.206. The largest absolute Gasteiger partial charge is 0.350 e. The molecule has 1 aliphatic heterocycles. The Morgan fingerprint density at radius 1 is 0.742 bits per heavy atom. The monoisotopic (exact) mass is 450 g/mol. The molecule has 0 aromatic heterocycles. The summed E-state index contributed by atoms with van der Waals surface area (Å²) in [6.45, 7) is 5.76. The van der Waals surface area contributed by atoms with Gasteiger partial charge in [0.25, 0.3) is 11.8 Å². The van der Waals surface area contributed by atoms with Gasteiger partial charge in [-0.2, -0.15) is 0 Å². The molecule has 1 heterocycles. The van der Waals surface area contributed by atoms with Crippen LogP contribution in [0, 0.1) is 20.8 Å². The summed E-state index contributed by atoms with van der Waals surface area (Å²) in [4.78, 5) is 28.3. The molecule has 31 heavy (non-hydrogen) atoms. The number of halogens is 2. The van der Waals surface area contributed by atoms with Crippen LogP contribution in [0.4, 0.5) is 11.4 Å². The van der Waals surface area contributed by atoms with Gasteiger partial charge < -0.3 is 5.32 Å². The maximum atomic E-state index is 13.5. The molecule has 4 rings (SSSR count). The van der Waals surface area contributed by atoms with Gasteiger partial charge in [-0.15, -0.1) is 0 Å². The molecule has 0 aliphatic carbocycles. The van der Waals surface area contributed by atoms with Gasteiger partial charge >= 0.3 is 0 Å². The number of amides is 2. The standard InChI is InChI=1S/C25H20Cl2N2O2/c1-14-4-11-21(16(3)12-14)29-24(30)22(17-6-9-18(26)10-7-17)23(25(29)31)28-20-13-19(27)8-5-15(20)2/h4-13,28H,1-3H3. The molecule has 1 N–H and O–H groups in total. The van der Waals surface area contributed by atoms with Gasteiger partial charge in [-0.3, -0.25) is 9.59 Å². The highest BCUT2D eigenvalue weighted by Gasteiger charge is 2.41. The van der Waals surface area contributed by atoms with Gasteiger partial charge in [0.05, 0.1) is 11.3 Å². The van der Waals surface area contributed by atoms with E-state index in [1.165, 1.54) is 4.90 Å². The van der Waals surface area contributed by atoms with E-state index < -0.39 is 5.91 Å². The zero-order valence-corrected chi connectivity index (χ0v) is 18.8. The lowest BCUT2D eigenvalue weighted by Crippen LogP contribution is -2.33. The van der Waals surface area contributed by atoms with Crippen LogP contribution in [0.5, 0.6) is 0 Å². The Hall–Kier alpha value is -3.08. The molecule has 6 heteroatoms. The van der Waals surface area contributed by atoms with Crippen molar-refractivity contribution in [2.75, 3.05) is 10.2 Å². The molecule has 0 unspecified atom stereocenters. The van der Waals surface area contributed by atoms with Crippen molar-refractivity contribution in [3.05, 3.63) is 98.7 Å². The number of aryl methyl sites for hydroxylation is 3. The summed E-state index contributed by atoms with van der Waals surface area (Å²) in [7, 11) is 0. The summed E-state index contributed by atoms with van der Waals surface area (Å²) in [6.07, 6.45) is 0. The highest BCUT2D eigenvalue weighted by Crippen LogP contribution is 2.36. The third-order valence-corrected chi connectivity index (χ3v) is 5.76. The number of imide groups is 1. The van der Waals surface area contributed by atoms with Gasteiger partial charge in [-0.05, 0) is 67.8 Å². The van der Waals surface area contributed by atoms with Crippen molar-refractivity contribution in [3.8, 4) is 0 Å². The average Bonchev–Trinajstić information content (AvgIpc) is 2.96. The molecule has 0 atom stereocenters. The summed E-state index contributed by atoms with van der Waals surface area (Å²) in [5, 5.41) is 4.25. The molecule has 0 saturated heterocycles. The lowest BCUT2D eigenvalue weighted by Gasteiger charge is -2.18. The second kappa shape index (κ2) is 8.22.